The maximum Gasteiger partial charge on any atom is 0.338 e. The van der Waals surface area contributed by atoms with Crippen molar-refractivity contribution in [3.8, 4) is 0 Å². The summed E-state index contributed by atoms with van der Waals surface area (Å²) in [6, 6.07) is 6.83. The highest BCUT2D eigenvalue weighted by molar-refractivity contribution is 6.06. The summed E-state index contributed by atoms with van der Waals surface area (Å²) in [7, 11) is 1.33. The second-order valence-electron chi connectivity index (χ2n) is 6.53. The first-order valence-electron chi connectivity index (χ1n) is 6.95. The molecule has 20 heavy (non-hydrogen) atoms. The molecule has 0 radical (unpaired) electrons. The Balaban J connectivity index is 2.85. The lowest BCUT2D eigenvalue weighted by Crippen LogP contribution is -2.16. The highest BCUT2D eigenvalue weighted by Gasteiger charge is 2.21. The minimum absolute atomic E-state index is 0.00255. The first-order chi connectivity index (χ1) is 9.24. The molecule has 0 saturated heterocycles. The molecular formula is C17H24O3. The van der Waals surface area contributed by atoms with Gasteiger partial charge in [-0.05, 0) is 23.8 Å². The normalized spacial score (nSPS) is 12.8. The molecule has 1 aromatic carbocycles. The molecule has 0 fully saturated rings. The third-order valence-electron chi connectivity index (χ3n) is 3.13. The fraction of sp³-hybridized carbons (Fsp3) is 0.529. The van der Waals surface area contributed by atoms with E-state index in [0.29, 0.717) is 17.5 Å². The van der Waals surface area contributed by atoms with Crippen LogP contribution in [0.3, 0.4) is 0 Å². The Labute approximate surface area is 121 Å². The Hall–Kier alpha value is -1.64. The molecular weight excluding hydrogens is 252 g/mol. The van der Waals surface area contributed by atoms with Crippen LogP contribution < -0.4 is 0 Å². The van der Waals surface area contributed by atoms with Gasteiger partial charge in [0.1, 0.15) is 0 Å². The number of Topliss-reactive ketones (excluding diaryl/α,β-unsaturated/α-hetero) is 1. The summed E-state index contributed by atoms with van der Waals surface area (Å²) in [4.78, 5) is 24.1. The molecule has 0 heterocycles. The van der Waals surface area contributed by atoms with E-state index in [1.54, 1.807) is 24.3 Å². The molecule has 110 valence electrons. The van der Waals surface area contributed by atoms with Crippen molar-refractivity contribution in [2.45, 2.75) is 40.5 Å². The predicted octanol–water partition coefficient (Wildman–Crippen LogP) is 4.12. The van der Waals surface area contributed by atoms with Crippen LogP contribution >= 0.6 is 0 Å². The van der Waals surface area contributed by atoms with Gasteiger partial charge in [0, 0.05) is 12.0 Å². The SMILES string of the molecule is COC(=O)c1ccccc1C(=O)CC(C)CC(C)(C)C. The number of methoxy groups -OCH3 is 1. The van der Waals surface area contributed by atoms with E-state index < -0.39 is 5.97 Å². The third kappa shape index (κ3) is 4.80. The van der Waals surface area contributed by atoms with E-state index in [-0.39, 0.29) is 17.1 Å². The summed E-state index contributed by atoms with van der Waals surface area (Å²) in [5.41, 5.74) is 1.00. The molecule has 0 aliphatic rings. The van der Waals surface area contributed by atoms with Gasteiger partial charge in [0.05, 0.1) is 12.7 Å². The van der Waals surface area contributed by atoms with E-state index in [1.807, 2.05) is 0 Å². The average Bonchev–Trinajstić information content (AvgIpc) is 2.35. The van der Waals surface area contributed by atoms with Crippen LogP contribution in [0.5, 0.6) is 0 Å². The lowest BCUT2D eigenvalue weighted by atomic mass is 9.82. The van der Waals surface area contributed by atoms with Crippen LogP contribution in [0, 0.1) is 11.3 Å². The number of rotatable bonds is 5. The highest BCUT2D eigenvalue weighted by atomic mass is 16.5. The summed E-state index contributed by atoms with van der Waals surface area (Å²) >= 11 is 0. The monoisotopic (exact) mass is 276 g/mol. The number of carbonyl (C=O) groups excluding carboxylic acids is 2. The van der Waals surface area contributed by atoms with Gasteiger partial charge < -0.3 is 4.74 Å². The summed E-state index contributed by atoms with van der Waals surface area (Å²) in [5.74, 6) is -0.173. The fourth-order valence-electron chi connectivity index (χ4n) is 2.56. The van der Waals surface area contributed by atoms with E-state index in [4.69, 9.17) is 4.74 Å². The van der Waals surface area contributed by atoms with Gasteiger partial charge in [-0.15, -0.1) is 0 Å². The minimum Gasteiger partial charge on any atom is -0.465 e. The summed E-state index contributed by atoms with van der Waals surface area (Å²) in [5, 5.41) is 0. The van der Waals surface area contributed by atoms with Crippen molar-refractivity contribution in [1.29, 1.82) is 0 Å². The maximum absolute atomic E-state index is 12.4. The van der Waals surface area contributed by atoms with E-state index in [9.17, 15) is 9.59 Å². The lowest BCUT2D eigenvalue weighted by Gasteiger charge is -2.22. The molecule has 0 spiro atoms. The van der Waals surface area contributed by atoms with Gasteiger partial charge >= 0.3 is 5.97 Å². The molecule has 3 nitrogen and oxygen atoms in total. The van der Waals surface area contributed by atoms with Crippen LogP contribution in [-0.4, -0.2) is 18.9 Å². The van der Waals surface area contributed by atoms with Crippen LogP contribution in [0.4, 0.5) is 0 Å². The summed E-state index contributed by atoms with van der Waals surface area (Å²) < 4.78 is 4.72. The number of esters is 1. The molecule has 0 saturated carbocycles. The van der Waals surface area contributed by atoms with Crippen molar-refractivity contribution >= 4 is 11.8 Å². The second kappa shape index (κ2) is 6.69. The first-order valence-corrected chi connectivity index (χ1v) is 6.95. The zero-order valence-electron chi connectivity index (χ0n) is 13.0. The Kier molecular flexibility index (Phi) is 5.49. The van der Waals surface area contributed by atoms with Crippen molar-refractivity contribution in [1.82, 2.24) is 0 Å². The standard InChI is InChI=1S/C17H24O3/c1-12(11-17(2,3)4)10-15(18)13-8-6-7-9-14(13)16(19)20-5/h6-9,12H,10-11H2,1-5H3. The van der Waals surface area contributed by atoms with E-state index in [0.717, 1.165) is 6.42 Å². The van der Waals surface area contributed by atoms with Crippen LogP contribution in [-0.2, 0) is 4.74 Å². The zero-order chi connectivity index (χ0) is 15.3. The highest BCUT2D eigenvalue weighted by Crippen LogP contribution is 2.27. The van der Waals surface area contributed by atoms with Crippen LogP contribution in [0.1, 0.15) is 61.3 Å². The number of carbonyl (C=O) groups is 2. The van der Waals surface area contributed by atoms with Crippen molar-refractivity contribution in [2.24, 2.45) is 11.3 Å². The molecule has 1 aromatic rings. The van der Waals surface area contributed by atoms with Crippen LogP contribution in [0.15, 0.2) is 24.3 Å². The summed E-state index contributed by atoms with van der Waals surface area (Å²) in [6.07, 6.45) is 1.42. The molecule has 0 N–H and O–H groups in total. The molecule has 0 aliphatic carbocycles. The van der Waals surface area contributed by atoms with Crippen molar-refractivity contribution in [2.75, 3.05) is 7.11 Å². The molecule has 1 atom stereocenters. The van der Waals surface area contributed by atoms with E-state index in [2.05, 4.69) is 27.7 Å². The van der Waals surface area contributed by atoms with Crippen molar-refractivity contribution < 1.29 is 14.3 Å². The van der Waals surface area contributed by atoms with Crippen LogP contribution in [0.2, 0.25) is 0 Å². The zero-order valence-corrected chi connectivity index (χ0v) is 13.0. The minimum atomic E-state index is -0.461. The Morgan fingerprint density at radius 2 is 1.70 bits per heavy atom. The number of hydrogen-bond donors (Lipinski definition) is 0. The Morgan fingerprint density at radius 3 is 2.20 bits per heavy atom. The van der Waals surface area contributed by atoms with E-state index in [1.165, 1.54) is 7.11 Å². The molecule has 0 bridgehead atoms. The quantitative estimate of drug-likeness (QED) is 0.600. The third-order valence-corrected chi connectivity index (χ3v) is 3.13. The Morgan fingerprint density at radius 1 is 1.15 bits per heavy atom. The van der Waals surface area contributed by atoms with Crippen molar-refractivity contribution in [3.63, 3.8) is 0 Å². The average molecular weight is 276 g/mol. The van der Waals surface area contributed by atoms with Gasteiger partial charge in [0.25, 0.3) is 0 Å². The molecule has 1 unspecified atom stereocenters. The largest absolute Gasteiger partial charge is 0.465 e. The van der Waals surface area contributed by atoms with Gasteiger partial charge in [0.2, 0.25) is 0 Å². The molecule has 0 aromatic heterocycles. The molecule has 0 amide bonds. The summed E-state index contributed by atoms with van der Waals surface area (Å²) in [6.45, 7) is 8.56. The smallest absolute Gasteiger partial charge is 0.338 e. The topological polar surface area (TPSA) is 43.4 Å². The van der Waals surface area contributed by atoms with Gasteiger partial charge in [-0.2, -0.15) is 0 Å². The van der Waals surface area contributed by atoms with Gasteiger partial charge in [-0.25, -0.2) is 4.79 Å². The van der Waals surface area contributed by atoms with Gasteiger partial charge in [-0.1, -0.05) is 45.9 Å². The maximum atomic E-state index is 12.4. The second-order valence-corrected chi connectivity index (χ2v) is 6.53. The fourth-order valence-corrected chi connectivity index (χ4v) is 2.56. The molecule has 3 heteroatoms. The molecule has 1 rings (SSSR count). The Bertz CT molecular complexity index is 483. The van der Waals surface area contributed by atoms with Gasteiger partial charge in [-0.3, -0.25) is 4.79 Å². The van der Waals surface area contributed by atoms with E-state index >= 15 is 0 Å². The predicted molar refractivity (Wildman–Crippen MR) is 80.0 cm³/mol. The number of ether oxygens (including phenoxy) is 1. The van der Waals surface area contributed by atoms with Gasteiger partial charge in [0.15, 0.2) is 5.78 Å². The number of benzene rings is 1. The van der Waals surface area contributed by atoms with Crippen molar-refractivity contribution in [3.05, 3.63) is 35.4 Å². The number of hydrogen-bond acceptors (Lipinski definition) is 3. The number of ketones is 1. The first kappa shape index (κ1) is 16.4. The molecule has 0 aliphatic heterocycles. The lowest BCUT2D eigenvalue weighted by molar-refractivity contribution is 0.0596. The van der Waals surface area contributed by atoms with Crippen LogP contribution in [0.25, 0.3) is 0 Å².